The number of ether oxygens (including phenoxy) is 1. The van der Waals surface area contributed by atoms with Gasteiger partial charge in [0, 0.05) is 50.9 Å². The molecule has 204 valence electrons. The van der Waals surface area contributed by atoms with Gasteiger partial charge in [-0.15, -0.1) is 0 Å². The minimum atomic E-state index is -0.471. The van der Waals surface area contributed by atoms with Gasteiger partial charge in [0.05, 0.1) is 28.5 Å². The van der Waals surface area contributed by atoms with Crippen molar-refractivity contribution in [3.8, 4) is 0 Å². The van der Waals surface area contributed by atoms with Gasteiger partial charge in [0.15, 0.2) is 0 Å². The summed E-state index contributed by atoms with van der Waals surface area (Å²) in [5, 5.41) is 14.9. The molecule has 2 aromatic carbocycles. The number of amides is 1. The average molecular weight is 524 g/mol. The van der Waals surface area contributed by atoms with Crippen molar-refractivity contribution in [2.75, 3.05) is 67.5 Å². The first kappa shape index (κ1) is 27.4. The normalized spacial score (nSPS) is 16.8. The molecule has 0 spiro atoms. The fourth-order valence-electron chi connectivity index (χ4n) is 5.08. The Morgan fingerprint density at radius 2 is 1.58 bits per heavy atom. The summed E-state index contributed by atoms with van der Waals surface area (Å²) in [6.45, 7) is 12.1. The van der Waals surface area contributed by atoms with Gasteiger partial charge in [0.25, 0.3) is 11.6 Å². The molecule has 1 N–H and O–H groups in total. The maximum absolute atomic E-state index is 13.4. The number of nitro benzene ring substituents is 1. The van der Waals surface area contributed by atoms with Gasteiger partial charge in [-0.05, 0) is 62.6 Å². The van der Waals surface area contributed by atoms with Crippen LogP contribution in [0.1, 0.15) is 54.3 Å². The molecule has 10 nitrogen and oxygen atoms in total. The molecule has 38 heavy (non-hydrogen) atoms. The summed E-state index contributed by atoms with van der Waals surface area (Å²) in [5.74, 6) is -0.345. The summed E-state index contributed by atoms with van der Waals surface area (Å²) in [7, 11) is 0. The van der Waals surface area contributed by atoms with Crippen molar-refractivity contribution in [3.05, 3.63) is 57.6 Å². The number of hydrogen-bond acceptors (Lipinski definition) is 8. The summed E-state index contributed by atoms with van der Waals surface area (Å²) >= 11 is 0. The van der Waals surface area contributed by atoms with Crippen molar-refractivity contribution in [2.24, 2.45) is 5.92 Å². The molecule has 10 heteroatoms. The van der Waals surface area contributed by atoms with E-state index >= 15 is 0 Å². The zero-order valence-electron chi connectivity index (χ0n) is 22.4. The molecule has 4 rings (SSSR count). The van der Waals surface area contributed by atoms with Gasteiger partial charge in [0.2, 0.25) is 0 Å². The highest BCUT2D eigenvalue weighted by molar-refractivity contribution is 6.07. The molecule has 0 radical (unpaired) electrons. The molecule has 0 saturated carbocycles. The van der Waals surface area contributed by atoms with Gasteiger partial charge in [0.1, 0.15) is 5.69 Å². The summed E-state index contributed by atoms with van der Waals surface area (Å²) < 4.78 is 5.15. The van der Waals surface area contributed by atoms with Gasteiger partial charge in [-0.3, -0.25) is 14.9 Å². The first-order valence-electron chi connectivity index (χ1n) is 13.4. The Bertz CT molecular complexity index is 1170. The Labute approximate surface area is 223 Å². The summed E-state index contributed by atoms with van der Waals surface area (Å²) in [6, 6.07) is 9.79. The first-order chi connectivity index (χ1) is 18.3. The van der Waals surface area contributed by atoms with Crippen molar-refractivity contribution < 1.29 is 19.2 Å². The minimum Gasteiger partial charge on any atom is -0.462 e. The Kier molecular flexibility index (Phi) is 8.83. The lowest BCUT2D eigenvalue weighted by atomic mass is 9.98. The van der Waals surface area contributed by atoms with Crippen LogP contribution in [0.5, 0.6) is 0 Å². The van der Waals surface area contributed by atoms with E-state index in [-0.39, 0.29) is 17.9 Å². The van der Waals surface area contributed by atoms with Gasteiger partial charge in [-0.1, -0.05) is 13.8 Å². The van der Waals surface area contributed by atoms with Crippen LogP contribution >= 0.6 is 0 Å². The Balaban J connectivity index is 1.61. The number of piperidine rings is 1. The molecule has 0 aromatic heterocycles. The molecule has 2 saturated heterocycles. The average Bonchev–Trinajstić information content (AvgIpc) is 2.93. The molecule has 2 aliphatic rings. The fourth-order valence-corrected chi connectivity index (χ4v) is 5.08. The van der Waals surface area contributed by atoms with E-state index in [2.05, 4.69) is 29.0 Å². The second-order valence-electron chi connectivity index (χ2n) is 9.96. The maximum Gasteiger partial charge on any atom is 0.338 e. The maximum atomic E-state index is 13.4. The molecular weight excluding hydrogens is 486 g/mol. The predicted octanol–water partition coefficient (Wildman–Crippen LogP) is 4.40. The highest BCUT2D eigenvalue weighted by Gasteiger charge is 2.26. The smallest absolute Gasteiger partial charge is 0.338 e. The van der Waals surface area contributed by atoms with Crippen LogP contribution < -0.4 is 15.1 Å². The van der Waals surface area contributed by atoms with Crippen LogP contribution in [0.25, 0.3) is 0 Å². The van der Waals surface area contributed by atoms with Crippen LogP contribution in [0, 0.1) is 16.0 Å². The van der Waals surface area contributed by atoms with Gasteiger partial charge in [-0.25, -0.2) is 4.79 Å². The zero-order chi connectivity index (χ0) is 27.2. The summed E-state index contributed by atoms with van der Waals surface area (Å²) in [5.41, 5.74) is 2.26. The third-order valence-corrected chi connectivity index (χ3v) is 7.47. The number of benzene rings is 2. The standard InChI is InChI=1S/C28H37N5O5/c1-4-30-14-16-32(17-15-30)24-8-7-22(28(35)38-5-2)18-23(24)29-27(34)21-6-9-25(26(19-21)33(36)37)31-12-10-20(3)11-13-31/h6-9,18-20H,4-5,10-17H2,1-3H3,(H,29,34). The van der Waals surface area contributed by atoms with Crippen molar-refractivity contribution >= 4 is 34.6 Å². The van der Waals surface area contributed by atoms with Crippen molar-refractivity contribution in [1.29, 1.82) is 0 Å². The Morgan fingerprint density at radius 1 is 0.947 bits per heavy atom. The van der Waals surface area contributed by atoms with Crippen LogP contribution in [0.3, 0.4) is 0 Å². The van der Waals surface area contributed by atoms with Crippen LogP contribution in [0.2, 0.25) is 0 Å². The van der Waals surface area contributed by atoms with E-state index in [0.29, 0.717) is 22.9 Å². The lowest BCUT2D eigenvalue weighted by molar-refractivity contribution is -0.384. The predicted molar refractivity (Wildman–Crippen MR) is 148 cm³/mol. The molecule has 2 heterocycles. The van der Waals surface area contributed by atoms with Crippen LogP contribution in [-0.2, 0) is 4.74 Å². The number of nitro groups is 1. The van der Waals surface area contributed by atoms with Gasteiger partial charge in [-0.2, -0.15) is 0 Å². The zero-order valence-corrected chi connectivity index (χ0v) is 22.4. The van der Waals surface area contributed by atoms with Crippen LogP contribution in [-0.4, -0.2) is 74.1 Å². The van der Waals surface area contributed by atoms with E-state index in [4.69, 9.17) is 4.74 Å². The number of piperazine rings is 1. The van der Waals surface area contributed by atoms with Gasteiger partial charge >= 0.3 is 5.97 Å². The van der Waals surface area contributed by atoms with E-state index in [9.17, 15) is 19.7 Å². The third-order valence-electron chi connectivity index (χ3n) is 7.47. The van der Waals surface area contributed by atoms with Gasteiger partial charge < -0.3 is 24.8 Å². The quantitative estimate of drug-likeness (QED) is 0.308. The Morgan fingerprint density at radius 3 is 2.21 bits per heavy atom. The number of hydrogen-bond donors (Lipinski definition) is 1. The van der Waals surface area contributed by atoms with E-state index in [1.165, 1.54) is 6.07 Å². The molecule has 0 aliphatic carbocycles. The number of esters is 1. The van der Waals surface area contributed by atoms with Crippen molar-refractivity contribution in [1.82, 2.24) is 4.90 Å². The topological polar surface area (TPSA) is 108 Å². The van der Waals surface area contributed by atoms with Crippen LogP contribution in [0.15, 0.2) is 36.4 Å². The second kappa shape index (κ2) is 12.3. The van der Waals surface area contributed by atoms with Crippen LogP contribution in [0.4, 0.5) is 22.7 Å². The highest BCUT2D eigenvalue weighted by Crippen LogP contribution is 2.34. The number of anilines is 3. The number of nitrogens with one attached hydrogen (secondary N) is 1. The molecular formula is C28H37N5O5. The van der Waals surface area contributed by atoms with Crippen molar-refractivity contribution in [2.45, 2.75) is 33.6 Å². The fraction of sp³-hybridized carbons (Fsp3) is 0.500. The molecule has 1 amide bonds. The molecule has 2 aromatic rings. The number of carbonyl (C=O) groups excluding carboxylic acids is 2. The number of rotatable bonds is 8. The Hall–Kier alpha value is -3.66. The first-order valence-corrected chi connectivity index (χ1v) is 13.4. The largest absolute Gasteiger partial charge is 0.462 e. The molecule has 2 fully saturated rings. The summed E-state index contributed by atoms with van der Waals surface area (Å²) in [6.07, 6.45) is 1.96. The van der Waals surface area contributed by atoms with E-state index < -0.39 is 16.8 Å². The van der Waals surface area contributed by atoms with E-state index in [1.54, 1.807) is 31.2 Å². The van der Waals surface area contributed by atoms with E-state index in [1.807, 2.05) is 11.0 Å². The molecule has 0 unspecified atom stereocenters. The molecule has 0 atom stereocenters. The number of carbonyl (C=O) groups is 2. The SMILES string of the molecule is CCOC(=O)c1ccc(N2CCN(CC)CC2)c(NC(=O)c2ccc(N3CCC(C)CC3)c([N+](=O)[O-])c2)c1. The molecule has 0 bridgehead atoms. The molecule has 2 aliphatic heterocycles. The van der Waals surface area contributed by atoms with Crippen molar-refractivity contribution in [3.63, 3.8) is 0 Å². The second-order valence-corrected chi connectivity index (χ2v) is 9.96. The minimum absolute atomic E-state index is 0.0802. The lowest BCUT2D eigenvalue weighted by Gasteiger charge is -2.36. The lowest BCUT2D eigenvalue weighted by Crippen LogP contribution is -2.46. The number of likely N-dealkylation sites (N-methyl/N-ethyl adjacent to an activating group) is 1. The number of nitrogens with zero attached hydrogens (tertiary/aromatic N) is 4. The van der Waals surface area contributed by atoms with E-state index in [0.717, 1.165) is 64.3 Å². The third kappa shape index (κ3) is 6.24. The highest BCUT2D eigenvalue weighted by atomic mass is 16.6. The summed E-state index contributed by atoms with van der Waals surface area (Å²) in [4.78, 5) is 43.9. The monoisotopic (exact) mass is 523 g/mol.